The minimum Gasteiger partial charge on any atom is -0.497 e. The summed E-state index contributed by atoms with van der Waals surface area (Å²) in [7, 11) is 1.64. The van der Waals surface area contributed by atoms with Gasteiger partial charge in [-0.1, -0.05) is 31.2 Å². The van der Waals surface area contributed by atoms with E-state index in [0.29, 0.717) is 6.42 Å². The number of aryl methyl sites for hydroxylation is 1. The van der Waals surface area contributed by atoms with Gasteiger partial charge in [-0.05, 0) is 43.2 Å². The number of ether oxygens (including phenoxy) is 1. The van der Waals surface area contributed by atoms with Crippen molar-refractivity contribution in [3.63, 3.8) is 0 Å². The van der Waals surface area contributed by atoms with Gasteiger partial charge in [0.2, 0.25) is 0 Å². The second kappa shape index (κ2) is 6.16. The summed E-state index contributed by atoms with van der Waals surface area (Å²) in [5, 5.41) is 2.96. The molecule has 0 aliphatic rings. The standard InChI is InChI=1S/C19H20N2O2/c1-4-16-18(17-8-6-5-7-13(17)2)21(20-19(16)22)14-9-11-15(23-3)12-10-14/h5-12H,4H2,1-3H3,(H,20,22). The largest absolute Gasteiger partial charge is 0.497 e. The lowest BCUT2D eigenvalue weighted by molar-refractivity contribution is 0.414. The Labute approximate surface area is 135 Å². The van der Waals surface area contributed by atoms with Gasteiger partial charge in [-0.3, -0.25) is 14.6 Å². The molecule has 0 saturated heterocycles. The van der Waals surface area contributed by atoms with Crippen molar-refractivity contribution in [3.8, 4) is 22.7 Å². The van der Waals surface area contributed by atoms with Crippen LogP contribution in [0.1, 0.15) is 18.1 Å². The highest BCUT2D eigenvalue weighted by molar-refractivity contribution is 5.69. The number of hydrogen-bond donors (Lipinski definition) is 1. The molecule has 0 radical (unpaired) electrons. The Kier molecular flexibility index (Phi) is 4.06. The van der Waals surface area contributed by atoms with Gasteiger partial charge < -0.3 is 4.74 Å². The van der Waals surface area contributed by atoms with Crippen molar-refractivity contribution in [1.29, 1.82) is 0 Å². The molecule has 4 nitrogen and oxygen atoms in total. The van der Waals surface area contributed by atoms with Gasteiger partial charge in [0.25, 0.3) is 5.56 Å². The van der Waals surface area contributed by atoms with Crippen LogP contribution in [0.3, 0.4) is 0 Å². The number of nitrogens with zero attached hydrogens (tertiary/aromatic N) is 1. The summed E-state index contributed by atoms with van der Waals surface area (Å²) in [5.74, 6) is 0.788. The van der Waals surface area contributed by atoms with Crippen LogP contribution in [-0.4, -0.2) is 16.9 Å². The first kappa shape index (κ1) is 15.2. The van der Waals surface area contributed by atoms with Crippen LogP contribution >= 0.6 is 0 Å². The van der Waals surface area contributed by atoms with Crippen LogP contribution in [0, 0.1) is 6.92 Å². The van der Waals surface area contributed by atoms with Gasteiger partial charge in [-0.2, -0.15) is 0 Å². The van der Waals surface area contributed by atoms with E-state index in [0.717, 1.165) is 33.8 Å². The van der Waals surface area contributed by atoms with Crippen molar-refractivity contribution < 1.29 is 4.74 Å². The first-order chi connectivity index (χ1) is 11.2. The second-order valence-corrected chi connectivity index (χ2v) is 5.47. The second-order valence-electron chi connectivity index (χ2n) is 5.47. The monoisotopic (exact) mass is 308 g/mol. The lowest BCUT2D eigenvalue weighted by Gasteiger charge is -2.12. The van der Waals surface area contributed by atoms with Gasteiger partial charge in [-0.15, -0.1) is 0 Å². The zero-order valence-electron chi connectivity index (χ0n) is 13.6. The molecule has 23 heavy (non-hydrogen) atoms. The molecule has 4 heteroatoms. The summed E-state index contributed by atoms with van der Waals surface area (Å²) in [6.07, 6.45) is 0.683. The molecule has 1 heterocycles. The highest BCUT2D eigenvalue weighted by Gasteiger charge is 2.17. The number of nitrogens with one attached hydrogen (secondary N) is 1. The molecule has 3 rings (SSSR count). The highest BCUT2D eigenvalue weighted by Crippen LogP contribution is 2.28. The van der Waals surface area contributed by atoms with E-state index >= 15 is 0 Å². The van der Waals surface area contributed by atoms with E-state index in [4.69, 9.17) is 4.74 Å². The minimum absolute atomic E-state index is 0.0402. The molecule has 0 bridgehead atoms. The van der Waals surface area contributed by atoms with Gasteiger partial charge in [-0.25, -0.2) is 0 Å². The summed E-state index contributed by atoms with van der Waals surface area (Å²) >= 11 is 0. The van der Waals surface area contributed by atoms with Crippen molar-refractivity contribution in [2.75, 3.05) is 7.11 Å². The van der Waals surface area contributed by atoms with Crippen LogP contribution in [0.25, 0.3) is 16.9 Å². The van der Waals surface area contributed by atoms with E-state index in [1.165, 1.54) is 0 Å². The maximum absolute atomic E-state index is 12.4. The molecule has 0 amide bonds. The summed E-state index contributed by atoms with van der Waals surface area (Å²) in [5.41, 5.74) is 4.81. The van der Waals surface area contributed by atoms with Gasteiger partial charge >= 0.3 is 0 Å². The van der Waals surface area contributed by atoms with Crippen molar-refractivity contribution in [2.45, 2.75) is 20.3 Å². The van der Waals surface area contributed by atoms with Gasteiger partial charge in [0, 0.05) is 11.1 Å². The number of methoxy groups -OCH3 is 1. The van der Waals surface area contributed by atoms with Gasteiger partial charge in [0.05, 0.1) is 18.5 Å². The number of H-pyrrole nitrogens is 1. The predicted octanol–water partition coefficient (Wildman–Crippen LogP) is 3.71. The van der Waals surface area contributed by atoms with Crippen LogP contribution in [0.15, 0.2) is 53.3 Å². The third kappa shape index (κ3) is 2.68. The molecule has 0 spiro atoms. The van der Waals surface area contributed by atoms with E-state index in [2.05, 4.69) is 24.2 Å². The average Bonchev–Trinajstić information content (AvgIpc) is 2.91. The first-order valence-corrected chi connectivity index (χ1v) is 7.70. The number of aromatic nitrogens is 2. The number of benzene rings is 2. The smallest absolute Gasteiger partial charge is 0.268 e. The maximum Gasteiger partial charge on any atom is 0.268 e. The fraction of sp³-hybridized carbons (Fsp3) is 0.211. The summed E-state index contributed by atoms with van der Waals surface area (Å²) in [6.45, 7) is 4.06. The molecule has 0 atom stereocenters. The number of hydrogen-bond acceptors (Lipinski definition) is 2. The topological polar surface area (TPSA) is 47.0 Å². The summed E-state index contributed by atoms with van der Waals surface area (Å²) in [6, 6.07) is 15.8. The molecule has 0 fully saturated rings. The first-order valence-electron chi connectivity index (χ1n) is 7.70. The average molecular weight is 308 g/mol. The maximum atomic E-state index is 12.4. The summed E-state index contributed by atoms with van der Waals surface area (Å²) in [4.78, 5) is 12.4. The van der Waals surface area contributed by atoms with E-state index < -0.39 is 0 Å². The fourth-order valence-corrected chi connectivity index (χ4v) is 2.84. The van der Waals surface area contributed by atoms with Crippen LogP contribution in [-0.2, 0) is 6.42 Å². The van der Waals surface area contributed by atoms with Crippen molar-refractivity contribution >= 4 is 0 Å². The Bertz CT molecular complexity index is 873. The van der Waals surface area contributed by atoms with E-state index in [1.807, 2.05) is 48.0 Å². The van der Waals surface area contributed by atoms with Crippen LogP contribution in [0.5, 0.6) is 5.75 Å². The van der Waals surface area contributed by atoms with Crippen molar-refractivity contribution in [3.05, 3.63) is 70.0 Å². The van der Waals surface area contributed by atoms with Crippen molar-refractivity contribution in [2.24, 2.45) is 0 Å². The zero-order chi connectivity index (χ0) is 16.4. The van der Waals surface area contributed by atoms with Crippen LogP contribution < -0.4 is 10.3 Å². The molecule has 0 aliphatic carbocycles. The fourth-order valence-electron chi connectivity index (χ4n) is 2.84. The minimum atomic E-state index is -0.0402. The Hall–Kier alpha value is -2.75. The van der Waals surface area contributed by atoms with E-state index in [-0.39, 0.29) is 5.56 Å². The molecule has 0 saturated carbocycles. The molecule has 3 aromatic rings. The molecule has 118 valence electrons. The molecule has 1 aromatic heterocycles. The molecule has 2 aromatic carbocycles. The third-order valence-electron chi connectivity index (χ3n) is 4.08. The van der Waals surface area contributed by atoms with E-state index in [1.54, 1.807) is 7.11 Å². The molecular weight excluding hydrogens is 288 g/mol. The SMILES string of the molecule is CCc1c(-c2ccccc2C)n(-c2ccc(OC)cc2)[nH]c1=O. The van der Waals surface area contributed by atoms with Gasteiger partial charge in [0.15, 0.2) is 0 Å². The van der Waals surface area contributed by atoms with Crippen LogP contribution in [0.2, 0.25) is 0 Å². The Balaban J connectivity index is 2.25. The molecule has 0 aliphatic heterocycles. The predicted molar refractivity (Wildman–Crippen MR) is 92.5 cm³/mol. The molecular formula is C19H20N2O2. The van der Waals surface area contributed by atoms with Crippen molar-refractivity contribution in [1.82, 2.24) is 9.78 Å². The lowest BCUT2D eigenvalue weighted by atomic mass is 10.0. The quantitative estimate of drug-likeness (QED) is 0.798. The number of rotatable bonds is 4. The lowest BCUT2D eigenvalue weighted by Crippen LogP contribution is -2.06. The van der Waals surface area contributed by atoms with Gasteiger partial charge in [0.1, 0.15) is 5.75 Å². The van der Waals surface area contributed by atoms with Crippen LogP contribution in [0.4, 0.5) is 0 Å². The Morgan fingerprint density at radius 1 is 1.09 bits per heavy atom. The van der Waals surface area contributed by atoms with E-state index in [9.17, 15) is 4.79 Å². The number of aromatic amines is 1. The zero-order valence-corrected chi connectivity index (χ0v) is 13.6. The Morgan fingerprint density at radius 2 is 1.78 bits per heavy atom. The highest BCUT2D eigenvalue weighted by atomic mass is 16.5. The summed E-state index contributed by atoms with van der Waals surface area (Å²) < 4.78 is 7.07. The molecule has 1 N–H and O–H groups in total. The molecule has 0 unspecified atom stereocenters. The Morgan fingerprint density at radius 3 is 2.39 bits per heavy atom. The normalized spacial score (nSPS) is 10.7. The third-order valence-corrected chi connectivity index (χ3v) is 4.08.